The molecule has 0 saturated carbocycles. The third-order valence-electron chi connectivity index (χ3n) is 3.62. The van der Waals surface area contributed by atoms with Gasteiger partial charge in [0.05, 0.1) is 26.6 Å². The minimum absolute atomic E-state index is 0.0284. The predicted molar refractivity (Wildman–Crippen MR) is 93.6 cm³/mol. The van der Waals surface area contributed by atoms with Gasteiger partial charge in [0, 0.05) is 32.3 Å². The molecule has 0 fully saturated rings. The highest BCUT2D eigenvalue weighted by molar-refractivity contribution is 9.10. The molecule has 0 bridgehead atoms. The largest absolute Gasteiger partial charge is 0.356 e. The van der Waals surface area contributed by atoms with Gasteiger partial charge in [0.2, 0.25) is 5.91 Å². The molecular formula is C15H21BrClN5O. The fourth-order valence-electron chi connectivity index (χ4n) is 2.26. The van der Waals surface area contributed by atoms with Gasteiger partial charge < -0.3 is 5.32 Å². The van der Waals surface area contributed by atoms with Crippen molar-refractivity contribution in [3.05, 3.63) is 32.8 Å². The molecule has 2 rings (SSSR count). The molecule has 2 heterocycles. The topological polar surface area (TPSA) is 64.7 Å². The van der Waals surface area contributed by atoms with Crippen LogP contribution in [0.2, 0.25) is 5.02 Å². The van der Waals surface area contributed by atoms with Crippen LogP contribution in [0.5, 0.6) is 0 Å². The van der Waals surface area contributed by atoms with Gasteiger partial charge in [-0.05, 0) is 43.1 Å². The Kier molecular flexibility index (Phi) is 6.24. The number of amides is 1. The van der Waals surface area contributed by atoms with E-state index in [1.165, 1.54) is 0 Å². The predicted octanol–water partition coefficient (Wildman–Crippen LogP) is 3.02. The number of nitrogens with zero attached hydrogens (tertiary/aromatic N) is 4. The minimum Gasteiger partial charge on any atom is -0.356 e. The summed E-state index contributed by atoms with van der Waals surface area (Å²) in [6.45, 7) is 7.70. The number of halogens is 2. The van der Waals surface area contributed by atoms with Crippen molar-refractivity contribution in [2.24, 2.45) is 0 Å². The van der Waals surface area contributed by atoms with E-state index in [0.717, 1.165) is 39.5 Å². The lowest BCUT2D eigenvalue weighted by molar-refractivity contribution is -0.121. The average Bonchev–Trinajstić information content (AvgIpc) is 2.96. The summed E-state index contributed by atoms with van der Waals surface area (Å²) in [6, 6.07) is 0. The van der Waals surface area contributed by atoms with E-state index in [0.29, 0.717) is 19.5 Å². The Morgan fingerprint density at radius 3 is 2.57 bits per heavy atom. The van der Waals surface area contributed by atoms with E-state index in [1.54, 1.807) is 4.68 Å². The van der Waals surface area contributed by atoms with E-state index in [2.05, 4.69) is 31.4 Å². The maximum Gasteiger partial charge on any atom is 0.221 e. The van der Waals surface area contributed by atoms with Crippen LogP contribution >= 0.6 is 27.5 Å². The van der Waals surface area contributed by atoms with Crippen LogP contribution in [0.4, 0.5) is 0 Å². The Bertz CT molecular complexity index is 675. The van der Waals surface area contributed by atoms with Crippen LogP contribution in [0, 0.1) is 20.8 Å². The van der Waals surface area contributed by atoms with Crippen LogP contribution in [0.3, 0.4) is 0 Å². The van der Waals surface area contributed by atoms with Crippen LogP contribution < -0.4 is 5.32 Å². The zero-order chi connectivity index (χ0) is 17.0. The second-order valence-electron chi connectivity index (χ2n) is 5.49. The van der Waals surface area contributed by atoms with Crippen molar-refractivity contribution in [1.29, 1.82) is 0 Å². The number of aromatic nitrogens is 4. The number of carbonyl (C=O) groups excluding carboxylic acids is 1. The Morgan fingerprint density at radius 2 is 2.00 bits per heavy atom. The number of nitrogens with one attached hydrogen (secondary N) is 1. The number of hydrogen-bond acceptors (Lipinski definition) is 3. The summed E-state index contributed by atoms with van der Waals surface area (Å²) < 4.78 is 4.62. The smallest absolute Gasteiger partial charge is 0.221 e. The third kappa shape index (κ3) is 4.81. The monoisotopic (exact) mass is 401 g/mol. The van der Waals surface area contributed by atoms with Gasteiger partial charge >= 0.3 is 0 Å². The summed E-state index contributed by atoms with van der Waals surface area (Å²) in [6.07, 6.45) is 3.12. The van der Waals surface area contributed by atoms with E-state index in [9.17, 15) is 4.79 Å². The zero-order valence-corrected chi connectivity index (χ0v) is 15.9. The van der Waals surface area contributed by atoms with Crippen LogP contribution in [0.15, 0.2) is 10.7 Å². The van der Waals surface area contributed by atoms with Crippen molar-refractivity contribution >= 4 is 33.4 Å². The standard InChI is InChI=1S/C15H21BrClN5O/c1-10-13(16)9-21(19-10)8-5-14(23)18-6-4-7-22-12(3)15(17)11(2)20-22/h9H,4-8H2,1-3H3,(H,18,23). The first-order chi connectivity index (χ1) is 10.9. The van der Waals surface area contributed by atoms with Crippen molar-refractivity contribution in [2.45, 2.75) is 46.7 Å². The highest BCUT2D eigenvalue weighted by Gasteiger charge is 2.09. The fraction of sp³-hybridized carbons (Fsp3) is 0.533. The lowest BCUT2D eigenvalue weighted by atomic mass is 10.3. The number of hydrogen-bond donors (Lipinski definition) is 1. The van der Waals surface area contributed by atoms with Gasteiger partial charge in [-0.15, -0.1) is 0 Å². The number of aryl methyl sites for hydroxylation is 4. The molecule has 0 unspecified atom stereocenters. The molecule has 1 N–H and O–H groups in total. The van der Waals surface area contributed by atoms with Gasteiger partial charge in [-0.1, -0.05) is 11.6 Å². The van der Waals surface area contributed by atoms with Gasteiger partial charge in [0.1, 0.15) is 0 Å². The maximum atomic E-state index is 11.8. The molecule has 6 nitrogen and oxygen atoms in total. The summed E-state index contributed by atoms with van der Waals surface area (Å²) in [7, 11) is 0. The molecule has 0 aromatic carbocycles. The Hall–Kier alpha value is -1.34. The molecule has 0 spiro atoms. The fourth-order valence-corrected chi connectivity index (χ4v) is 2.71. The minimum atomic E-state index is 0.0284. The molecule has 23 heavy (non-hydrogen) atoms. The van der Waals surface area contributed by atoms with Crippen molar-refractivity contribution in [1.82, 2.24) is 24.9 Å². The van der Waals surface area contributed by atoms with Crippen LogP contribution in [-0.4, -0.2) is 32.0 Å². The van der Waals surface area contributed by atoms with Gasteiger partial charge in [0.25, 0.3) is 0 Å². The van der Waals surface area contributed by atoms with Crippen LogP contribution in [0.1, 0.15) is 29.9 Å². The van der Waals surface area contributed by atoms with Gasteiger partial charge in [-0.2, -0.15) is 10.2 Å². The summed E-state index contributed by atoms with van der Waals surface area (Å²) in [5, 5.41) is 12.3. The molecule has 0 atom stereocenters. The number of carbonyl (C=O) groups is 1. The molecule has 0 radical (unpaired) electrons. The third-order valence-corrected chi connectivity index (χ3v) is 4.94. The van der Waals surface area contributed by atoms with Gasteiger partial charge in [-0.3, -0.25) is 14.2 Å². The second-order valence-corrected chi connectivity index (χ2v) is 6.72. The van der Waals surface area contributed by atoms with Crippen LogP contribution in [-0.2, 0) is 17.9 Å². The van der Waals surface area contributed by atoms with Crippen molar-refractivity contribution in [2.75, 3.05) is 6.54 Å². The maximum absolute atomic E-state index is 11.8. The van der Waals surface area contributed by atoms with E-state index in [4.69, 9.17) is 11.6 Å². The van der Waals surface area contributed by atoms with Crippen LogP contribution in [0.25, 0.3) is 0 Å². The number of rotatable bonds is 7. The first kappa shape index (κ1) is 18.0. The molecular weight excluding hydrogens is 382 g/mol. The normalized spacial score (nSPS) is 11.0. The van der Waals surface area contributed by atoms with Crippen molar-refractivity contribution in [3.63, 3.8) is 0 Å². The molecule has 0 aliphatic heterocycles. The van der Waals surface area contributed by atoms with E-state index in [-0.39, 0.29) is 5.91 Å². The summed E-state index contributed by atoms with van der Waals surface area (Å²) in [5.74, 6) is 0.0284. The summed E-state index contributed by atoms with van der Waals surface area (Å²) in [5.41, 5.74) is 2.73. The first-order valence-electron chi connectivity index (χ1n) is 7.54. The van der Waals surface area contributed by atoms with E-state index < -0.39 is 0 Å². The Morgan fingerprint density at radius 1 is 1.26 bits per heavy atom. The van der Waals surface area contributed by atoms with E-state index in [1.807, 2.05) is 31.6 Å². The molecule has 0 aliphatic rings. The summed E-state index contributed by atoms with van der Waals surface area (Å²) >= 11 is 9.52. The molecule has 0 aliphatic carbocycles. The quantitative estimate of drug-likeness (QED) is 0.724. The molecule has 2 aromatic rings. The molecule has 8 heteroatoms. The Labute approximate surface area is 149 Å². The Balaban J connectivity index is 1.67. The molecule has 126 valence electrons. The lowest BCUT2D eigenvalue weighted by Crippen LogP contribution is -2.26. The van der Waals surface area contributed by atoms with Gasteiger partial charge in [0.15, 0.2) is 0 Å². The highest BCUT2D eigenvalue weighted by atomic mass is 79.9. The van der Waals surface area contributed by atoms with E-state index >= 15 is 0 Å². The van der Waals surface area contributed by atoms with Crippen molar-refractivity contribution in [3.8, 4) is 0 Å². The average molecular weight is 403 g/mol. The highest BCUT2D eigenvalue weighted by Crippen LogP contribution is 2.18. The zero-order valence-electron chi connectivity index (χ0n) is 13.6. The first-order valence-corrected chi connectivity index (χ1v) is 8.71. The molecule has 0 saturated heterocycles. The van der Waals surface area contributed by atoms with Crippen molar-refractivity contribution < 1.29 is 4.79 Å². The second kappa shape index (κ2) is 7.97. The summed E-state index contributed by atoms with van der Waals surface area (Å²) in [4.78, 5) is 11.8. The molecule has 2 aromatic heterocycles. The van der Waals surface area contributed by atoms with Gasteiger partial charge in [-0.25, -0.2) is 0 Å². The SMILES string of the molecule is Cc1nn(CCC(=O)NCCCn2nc(C)c(Cl)c2C)cc1Br. The molecule has 1 amide bonds. The lowest BCUT2D eigenvalue weighted by Gasteiger charge is -2.07.